The first kappa shape index (κ1) is 17.6. The molecule has 1 atom stereocenters. The predicted molar refractivity (Wildman–Crippen MR) is 86.2 cm³/mol. The third-order valence-corrected chi connectivity index (χ3v) is 5.15. The van der Waals surface area contributed by atoms with E-state index in [0.717, 1.165) is 39.1 Å². The molecule has 1 N–H and O–H groups in total. The molecule has 0 aliphatic heterocycles. The van der Waals surface area contributed by atoms with E-state index in [9.17, 15) is 4.79 Å². The summed E-state index contributed by atoms with van der Waals surface area (Å²) in [6.45, 7) is 0.359. The molecule has 0 saturated heterocycles. The molecule has 0 aliphatic carbocycles. The first-order valence-electron chi connectivity index (χ1n) is 6.78. The van der Waals surface area contributed by atoms with Crippen molar-refractivity contribution in [3.63, 3.8) is 0 Å². The van der Waals surface area contributed by atoms with Crippen LogP contribution in [0.25, 0.3) is 0 Å². The van der Waals surface area contributed by atoms with Gasteiger partial charge in [-0.1, -0.05) is 0 Å². The summed E-state index contributed by atoms with van der Waals surface area (Å²) in [7, 11) is 0. The van der Waals surface area contributed by atoms with E-state index >= 15 is 0 Å². The van der Waals surface area contributed by atoms with E-state index in [4.69, 9.17) is 11.6 Å². The molecule has 22 heavy (non-hydrogen) atoms. The van der Waals surface area contributed by atoms with Gasteiger partial charge in [0, 0.05) is 0 Å². The van der Waals surface area contributed by atoms with Crippen molar-refractivity contribution in [2.75, 3.05) is 0 Å². The molecule has 1 unspecified atom stereocenters. The van der Waals surface area contributed by atoms with Crippen molar-refractivity contribution in [1.29, 1.82) is 0 Å². The second-order valence-electron chi connectivity index (χ2n) is 4.81. The van der Waals surface area contributed by atoms with Gasteiger partial charge in [0.1, 0.15) is 0 Å². The Labute approximate surface area is 150 Å². The maximum absolute atomic E-state index is 10.6. The fraction of sp³-hybridized carbons (Fsp3) is 0.267. The van der Waals surface area contributed by atoms with Gasteiger partial charge in [-0.05, 0) is 0 Å². The number of rotatable bonds is 7. The summed E-state index contributed by atoms with van der Waals surface area (Å²) >= 11 is 11.5. The van der Waals surface area contributed by atoms with Gasteiger partial charge in [0.05, 0.1) is 0 Å². The van der Waals surface area contributed by atoms with Gasteiger partial charge in [-0.15, -0.1) is 0 Å². The molecule has 0 radical (unpaired) electrons. The number of nitrogens with one attached hydrogen (secondary N) is 1. The number of aromatic nitrogens is 2. The number of hydrogen-bond donors (Lipinski definition) is 2. The van der Waals surface area contributed by atoms with Gasteiger partial charge in [-0.2, -0.15) is 0 Å². The average Bonchev–Trinajstić information content (AvgIpc) is 2.52. The van der Waals surface area contributed by atoms with E-state index < -0.39 is 0 Å². The second kappa shape index (κ2) is 8.78. The molecule has 1 aromatic carbocycles. The Morgan fingerprint density at radius 1 is 1.41 bits per heavy atom. The van der Waals surface area contributed by atoms with Gasteiger partial charge in [0.2, 0.25) is 0 Å². The van der Waals surface area contributed by atoms with Crippen molar-refractivity contribution in [2.45, 2.75) is 25.4 Å². The van der Waals surface area contributed by atoms with Crippen LogP contribution in [0.4, 0.5) is 0 Å². The third-order valence-electron chi connectivity index (χ3n) is 3.32. The zero-order valence-electron chi connectivity index (χ0n) is 11.8. The fourth-order valence-corrected chi connectivity index (χ4v) is 3.44. The van der Waals surface area contributed by atoms with E-state index in [-0.39, 0.29) is 6.04 Å². The molecule has 0 saturated carbocycles. The van der Waals surface area contributed by atoms with Crippen LogP contribution in [0, 0.1) is 3.67 Å². The van der Waals surface area contributed by atoms with Gasteiger partial charge in [0.15, 0.2) is 0 Å². The van der Waals surface area contributed by atoms with Crippen LogP contribution >= 0.6 is 24.4 Å². The summed E-state index contributed by atoms with van der Waals surface area (Å²) in [5, 5.41) is 0.727. The molecule has 4 nitrogen and oxygen atoms in total. The number of halogens is 1. The van der Waals surface area contributed by atoms with Crippen molar-refractivity contribution in [1.82, 2.24) is 14.3 Å². The van der Waals surface area contributed by atoms with E-state index in [1.54, 1.807) is 6.33 Å². The van der Waals surface area contributed by atoms with E-state index in [2.05, 4.69) is 28.6 Å². The fourth-order valence-electron chi connectivity index (χ4n) is 2.11. The minimum absolute atomic E-state index is 0.136. The Hall–Kier alpha value is -0.742. The van der Waals surface area contributed by atoms with Crippen LogP contribution in [0.2, 0.25) is 5.02 Å². The number of benzene rings is 1. The molecule has 116 valence electrons. The normalized spacial score (nSPS) is 12.1. The monoisotopic (exact) mass is 505 g/mol. The second-order valence-corrected chi connectivity index (χ2v) is 7.01. The summed E-state index contributed by atoms with van der Waals surface area (Å²) < 4.78 is 6.00. The SMILES string of the molecule is O=CCn1cnc(CCC(NS)c2ccc(Cl)cc2)c[c]1=[W]. The summed E-state index contributed by atoms with van der Waals surface area (Å²) in [6.07, 6.45) is 4.33. The van der Waals surface area contributed by atoms with Crippen molar-refractivity contribution in [3.8, 4) is 0 Å². The number of nitrogens with zero attached hydrogens (tertiary/aromatic N) is 2. The molecule has 0 amide bonds. The zero-order valence-corrected chi connectivity index (χ0v) is 16.4. The number of thiol groups is 1. The van der Waals surface area contributed by atoms with Crippen molar-refractivity contribution >= 4 is 30.7 Å². The number of aldehydes is 1. The quantitative estimate of drug-likeness (QED) is 0.450. The van der Waals surface area contributed by atoms with E-state index in [1.165, 1.54) is 19.4 Å². The van der Waals surface area contributed by atoms with E-state index in [0.29, 0.717) is 6.54 Å². The van der Waals surface area contributed by atoms with Crippen molar-refractivity contribution in [2.24, 2.45) is 0 Å². The molecule has 0 bridgehead atoms. The van der Waals surface area contributed by atoms with Crippen LogP contribution < -0.4 is 4.72 Å². The molecule has 7 heteroatoms. The minimum atomic E-state index is 0.136. The molecular weight excluding hydrogens is 490 g/mol. The van der Waals surface area contributed by atoms with Crippen LogP contribution in [-0.4, -0.2) is 15.8 Å². The molecule has 1 heterocycles. The Kier molecular flexibility index (Phi) is 7.03. The molecule has 2 aromatic rings. The van der Waals surface area contributed by atoms with Crippen LogP contribution in [0.1, 0.15) is 23.7 Å². The molecule has 0 aliphatic rings. The topological polar surface area (TPSA) is 46.9 Å². The summed E-state index contributed by atoms with van der Waals surface area (Å²) in [4.78, 5) is 15.0. The standard InChI is InChI=1S/C15H16ClN3OS.W/c16-13-3-1-12(2-4-13)15(18-21)6-5-14-7-8-19(9-10-20)11-17-14;/h1-4,7,10-11,15,18,21H,5-6,9H2;. The van der Waals surface area contributed by atoms with Crippen LogP contribution in [0.3, 0.4) is 0 Å². The molecule has 1 aromatic heterocycles. The molecule has 0 spiro atoms. The molecule has 2 rings (SSSR count). The van der Waals surface area contributed by atoms with Gasteiger partial charge >= 0.3 is 151 Å². The molecule has 0 fully saturated rings. The van der Waals surface area contributed by atoms with Crippen LogP contribution in [0.15, 0.2) is 36.7 Å². The number of carbonyl (C=O) groups excluding carboxylic acids is 1. The predicted octanol–water partition coefficient (Wildman–Crippen LogP) is 2.92. The average molecular weight is 506 g/mol. The summed E-state index contributed by atoms with van der Waals surface area (Å²) in [5.41, 5.74) is 2.17. The third kappa shape index (κ3) is 4.88. The summed E-state index contributed by atoms with van der Waals surface area (Å²) in [6, 6.07) is 9.95. The number of carbonyl (C=O) groups is 1. The van der Waals surface area contributed by atoms with Gasteiger partial charge in [-0.3, -0.25) is 0 Å². The summed E-state index contributed by atoms with van der Waals surface area (Å²) in [5.74, 6) is 0. The number of aryl methyl sites for hydroxylation is 1. The molecular formula is C15H16ClN3OSW. The Bertz CT molecular complexity index is 690. The number of hydrogen-bond acceptors (Lipinski definition) is 4. The Balaban J connectivity index is 2.04. The first-order chi connectivity index (χ1) is 10.6. The Morgan fingerprint density at radius 3 is 2.73 bits per heavy atom. The van der Waals surface area contributed by atoms with Gasteiger partial charge in [-0.25, -0.2) is 0 Å². The van der Waals surface area contributed by atoms with Gasteiger partial charge in [0.25, 0.3) is 0 Å². The maximum atomic E-state index is 10.6. The van der Waals surface area contributed by atoms with Crippen molar-refractivity contribution in [3.05, 3.63) is 56.6 Å². The Morgan fingerprint density at radius 2 is 2.14 bits per heavy atom. The van der Waals surface area contributed by atoms with Crippen molar-refractivity contribution < 1.29 is 24.1 Å². The van der Waals surface area contributed by atoms with Crippen LogP contribution in [0.5, 0.6) is 0 Å². The van der Waals surface area contributed by atoms with Crippen LogP contribution in [-0.2, 0) is 37.1 Å². The van der Waals surface area contributed by atoms with E-state index in [1.807, 2.05) is 28.8 Å². The first-order valence-corrected chi connectivity index (χ1v) is 9.07. The van der Waals surface area contributed by atoms with Gasteiger partial charge < -0.3 is 0 Å². The zero-order chi connectivity index (χ0) is 15.9.